The van der Waals surface area contributed by atoms with E-state index in [0.29, 0.717) is 0 Å². The van der Waals surface area contributed by atoms with Gasteiger partial charge in [0.2, 0.25) is 11.8 Å². The molecule has 0 aromatic heterocycles. The summed E-state index contributed by atoms with van der Waals surface area (Å²) in [5, 5.41) is 2.85. The van der Waals surface area contributed by atoms with Crippen molar-refractivity contribution in [1.82, 2.24) is 0 Å². The van der Waals surface area contributed by atoms with Gasteiger partial charge in [0.15, 0.2) is 0 Å². The molecule has 2 aromatic rings. The third-order valence-corrected chi connectivity index (χ3v) is 4.24. The van der Waals surface area contributed by atoms with Crippen molar-refractivity contribution in [3.05, 3.63) is 59.9 Å². The fraction of sp³-hybridized carbons (Fsp3) is 0.263. The summed E-state index contributed by atoms with van der Waals surface area (Å²) in [4.78, 5) is 26.0. The van der Waals surface area contributed by atoms with Crippen LogP contribution < -0.4 is 10.2 Å². The monoisotopic (exact) mass is 326 g/mol. The summed E-state index contributed by atoms with van der Waals surface area (Å²) in [6.07, 6.45) is 0.973. The highest BCUT2D eigenvalue weighted by atomic mass is 19.1. The Bertz CT molecular complexity index is 775. The number of anilines is 2. The minimum absolute atomic E-state index is 0.0909. The van der Waals surface area contributed by atoms with Gasteiger partial charge in [0.25, 0.3) is 0 Å². The highest BCUT2D eigenvalue weighted by molar-refractivity contribution is 6.03. The van der Waals surface area contributed by atoms with Crippen molar-refractivity contribution >= 4 is 23.2 Å². The van der Waals surface area contributed by atoms with Gasteiger partial charge in [-0.15, -0.1) is 0 Å². The first-order valence-corrected chi connectivity index (χ1v) is 8.03. The molecule has 0 radical (unpaired) electrons. The maximum Gasteiger partial charge on any atom is 0.229 e. The molecule has 2 aromatic carbocycles. The van der Waals surface area contributed by atoms with Crippen LogP contribution >= 0.6 is 0 Å². The average molecular weight is 326 g/mol. The zero-order chi connectivity index (χ0) is 17.1. The fourth-order valence-electron chi connectivity index (χ4n) is 2.90. The van der Waals surface area contributed by atoms with E-state index >= 15 is 0 Å². The number of carbonyl (C=O) groups is 2. The Kier molecular flexibility index (Phi) is 4.60. The molecule has 1 fully saturated rings. The molecule has 1 aliphatic heterocycles. The van der Waals surface area contributed by atoms with E-state index in [4.69, 9.17) is 0 Å². The molecule has 4 nitrogen and oxygen atoms in total. The summed E-state index contributed by atoms with van der Waals surface area (Å²) >= 11 is 0. The van der Waals surface area contributed by atoms with Crippen molar-refractivity contribution in [1.29, 1.82) is 0 Å². The summed E-state index contributed by atoms with van der Waals surface area (Å²) < 4.78 is 13.9. The van der Waals surface area contributed by atoms with Gasteiger partial charge in [0, 0.05) is 18.7 Å². The van der Waals surface area contributed by atoms with Crippen molar-refractivity contribution in [2.24, 2.45) is 5.92 Å². The predicted octanol–water partition coefficient (Wildman–Crippen LogP) is 3.38. The van der Waals surface area contributed by atoms with Gasteiger partial charge in [-0.25, -0.2) is 4.39 Å². The van der Waals surface area contributed by atoms with Gasteiger partial charge in [-0.05, 0) is 36.2 Å². The molecule has 1 unspecified atom stereocenters. The van der Waals surface area contributed by atoms with Gasteiger partial charge >= 0.3 is 0 Å². The van der Waals surface area contributed by atoms with Crippen molar-refractivity contribution < 1.29 is 14.0 Å². The Morgan fingerprint density at radius 3 is 2.79 bits per heavy atom. The molecular formula is C19H19FN2O2. The quantitative estimate of drug-likeness (QED) is 0.936. The summed E-state index contributed by atoms with van der Waals surface area (Å²) in [5.74, 6) is -1.39. The Morgan fingerprint density at radius 2 is 2.04 bits per heavy atom. The predicted molar refractivity (Wildman–Crippen MR) is 91.3 cm³/mol. The summed E-state index contributed by atoms with van der Waals surface area (Å²) in [5.41, 5.74) is 2.07. The van der Waals surface area contributed by atoms with Crippen molar-refractivity contribution in [3.8, 4) is 0 Å². The van der Waals surface area contributed by atoms with E-state index in [1.165, 1.54) is 11.0 Å². The van der Waals surface area contributed by atoms with Crippen LogP contribution in [-0.2, 0) is 16.0 Å². The molecule has 24 heavy (non-hydrogen) atoms. The standard InChI is InChI=1S/C19H19FN2O2/c1-2-13-6-5-7-15(10-13)21-19(24)14-11-18(23)22(12-14)17-9-4-3-8-16(17)20/h3-10,14H,2,11-12H2,1H3,(H,21,24). The van der Waals surface area contributed by atoms with Crippen LogP contribution in [0.4, 0.5) is 15.8 Å². The minimum atomic E-state index is -0.484. The summed E-state index contributed by atoms with van der Waals surface area (Å²) in [6, 6.07) is 13.7. The molecule has 0 spiro atoms. The van der Waals surface area contributed by atoms with E-state index in [0.717, 1.165) is 17.7 Å². The van der Waals surface area contributed by atoms with Gasteiger partial charge < -0.3 is 10.2 Å². The zero-order valence-corrected chi connectivity index (χ0v) is 13.5. The second kappa shape index (κ2) is 6.83. The molecule has 3 rings (SSSR count). The number of hydrogen-bond donors (Lipinski definition) is 1. The topological polar surface area (TPSA) is 49.4 Å². The number of nitrogens with one attached hydrogen (secondary N) is 1. The van der Waals surface area contributed by atoms with Crippen LogP contribution in [0.15, 0.2) is 48.5 Å². The van der Waals surface area contributed by atoms with Gasteiger partial charge in [0.1, 0.15) is 5.82 Å². The molecule has 2 amide bonds. The molecule has 1 atom stereocenters. The van der Waals surface area contributed by atoms with Crippen LogP contribution in [0.5, 0.6) is 0 Å². The number of nitrogens with zero attached hydrogens (tertiary/aromatic N) is 1. The summed E-state index contributed by atoms with van der Waals surface area (Å²) in [7, 11) is 0. The number of benzene rings is 2. The molecule has 0 bridgehead atoms. The van der Waals surface area contributed by atoms with Crippen LogP contribution in [0.1, 0.15) is 18.9 Å². The molecule has 1 N–H and O–H groups in total. The average Bonchev–Trinajstić information content (AvgIpc) is 2.97. The molecule has 1 heterocycles. The van der Waals surface area contributed by atoms with Crippen LogP contribution in [-0.4, -0.2) is 18.4 Å². The summed E-state index contributed by atoms with van der Waals surface area (Å²) in [6.45, 7) is 2.24. The second-order valence-corrected chi connectivity index (χ2v) is 5.90. The van der Waals surface area contributed by atoms with Crippen molar-refractivity contribution in [3.63, 3.8) is 0 Å². The molecule has 124 valence electrons. The van der Waals surface area contributed by atoms with E-state index in [2.05, 4.69) is 5.32 Å². The third kappa shape index (κ3) is 3.30. The van der Waals surface area contributed by atoms with E-state index < -0.39 is 11.7 Å². The Morgan fingerprint density at radius 1 is 1.25 bits per heavy atom. The first-order chi connectivity index (χ1) is 11.6. The number of halogens is 1. The van der Waals surface area contributed by atoms with Crippen molar-refractivity contribution in [2.45, 2.75) is 19.8 Å². The third-order valence-electron chi connectivity index (χ3n) is 4.24. The molecule has 0 aliphatic carbocycles. The van der Waals surface area contributed by atoms with Gasteiger partial charge in [-0.1, -0.05) is 31.2 Å². The lowest BCUT2D eigenvalue weighted by molar-refractivity contribution is -0.122. The van der Waals surface area contributed by atoms with Crippen LogP contribution in [0.25, 0.3) is 0 Å². The number of hydrogen-bond acceptors (Lipinski definition) is 2. The Balaban J connectivity index is 1.71. The minimum Gasteiger partial charge on any atom is -0.326 e. The van der Waals surface area contributed by atoms with Gasteiger partial charge in [0.05, 0.1) is 11.6 Å². The molecule has 5 heteroatoms. The van der Waals surface area contributed by atoms with Crippen LogP contribution in [0.3, 0.4) is 0 Å². The fourth-order valence-corrected chi connectivity index (χ4v) is 2.90. The van der Waals surface area contributed by atoms with E-state index in [9.17, 15) is 14.0 Å². The van der Waals surface area contributed by atoms with E-state index in [1.54, 1.807) is 18.2 Å². The SMILES string of the molecule is CCc1cccc(NC(=O)C2CC(=O)N(c3ccccc3F)C2)c1. The maximum absolute atomic E-state index is 13.9. The Hall–Kier alpha value is -2.69. The highest BCUT2D eigenvalue weighted by Crippen LogP contribution is 2.28. The smallest absolute Gasteiger partial charge is 0.229 e. The molecule has 1 aliphatic rings. The van der Waals surface area contributed by atoms with Crippen LogP contribution in [0.2, 0.25) is 0 Å². The largest absolute Gasteiger partial charge is 0.326 e. The van der Waals surface area contributed by atoms with E-state index in [-0.39, 0.29) is 30.5 Å². The first kappa shape index (κ1) is 16.2. The number of amides is 2. The van der Waals surface area contributed by atoms with Crippen LogP contribution in [0, 0.1) is 11.7 Å². The second-order valence-electron chi connectivity index (χ2n) is 5.90. The Labute approximate surface area is 140 Å². The molecular weight excluding hydrogens is 307 g/mol. The highest BCUT2D eigenvalue weighted by Gasteiger charge is 2.36. The van der Waals surface area contributed by atoms with Gasteiger partial charge in [-0.2, -0.15) is 0 Å². The molecule has 0 saturated carbocycles. The number of aryl methyl sites for hydroxylation is 1. The van der Waals surface area contributed by atoms with Crippen molar-refractivity contribution in [2.75, 3.05) is 16.8 Å². The lowest BCUT2D eigenvalue weighted by atomic mass is 10.1. The number of para-hydroxylation sites is 1. The number of carbonyl (C=O) groups excluding carboxylic acids is 2. The lowest BCUT2D eigenvalue weighted by Crippen LogP contribution is -2.28. The normalized spacial score (nSPS) is 17.2. The first-order valence-electron chi connectivity index (χ1n) is 8.03. The zero-order valence-electron chi connectivity index (χ0n) is 13.5. The lowest BCUT2D eigenvalue weighted by Gasteiger charge is -2.17. The van der Waals surface area contributed by atoms with E-state index in [1.807, 2.05) is 31.2 Å². The molecule has 1 saturated heterocycles. The number of rotatable bonds is 4. The van der Waals surface area contributed by atoms with Gasteiger partial charge in [-0.3, -0.25) is 9.59 Å². The maximum atomic E-state index is 13.9.